The third-order valence-corrected chi connectivity index (χ3v) is 5.91. The van der Waals surface area contributed by atoms with Crippen molar-refractivity contribution in [3.05, 3.63) is 48.3 Å². The number of hydrogen-bond donors (Lipinski definition) is 1. The van der Waals surface area contributed by atoms with Crippen LogP contribution >= 0.6 is 0 Å². The van der Waals surface area contributed by atoms with Gasteiger partial charge >= 0.3 is 6.03 Å². The van der Waals surface area contributed by atoms with Crippen LogP contribution in [0.3, 0.4) is 0 Å². The predicted octanol–water partition coefficient (Wildman–Crippen LogP) is 1.37. The molecule has 0 radical (unpaired) electrons. The Hall–Kier alpha value is -2.78. The van der Waals surface area contributed by atoms with E-state index in [-0.39, 0.29) is 24.8 Å². The number of hydrogen-bond acceptors (Lipinski definition) is 6. The summed E-state index contributed by atoms with van der Waals surface area (Å²) in [5.74, 6) is -0.775. The van der Waals surface area contributed by atoms with Crippen LogP contribution in [0, 0.1) is 5.82 Å². The van der Waals surface area contributed by atoms with Crippen molar-refractivity contribution in [2.75, 3.05) is 13.6 Å². The van der Waals surface area contributed by atoms with Gasteiger partial charge < -0.3 is 4.90 Å². The normalized spacial score (nSPS) is 29.7. The van der Waals surface area contributed by atoms with Crippen molar-refractivity contribution in [2.24, 2.45) is 5.10 Å². The van der Waals surface area contributed by atoms with E-state index in [0.717, 1.165) is 10.6 Å². The Labute approximate surface area is 169 Å². The van der Waals surface area contributed by atoms with Gasteiger partial charge in [-0.2, -0.15) is 5.10 Å². The van der Waals surface area contributed by atoms with Crippen molar-refractivity contribution < 1.29 is 14.0 Å². The fraction of sp³-hybridized carbons (Fsp3) is 0.450. The number of nitrogens with zero attached hydrogens (tertiary/aromatic N) is 5. The summed E-state index contributed by atoms with van der Waals surface area (Å²) in [5.41, 5.74) is 1.18. The minimum absolute atomic E-state index is 0.0931. The molecule has 4 rings (SSSR count). The highest BCUT2D eigenvalue weighted by atomic mass is 19.1. The highest BCUT2D eigenvalue weighted by Crippen LogP contribution is 2.33. The summed E-state index contributed by atoms with van der Waals surface area (Å²) in [4.78, 5) is 31.1. The lowest BCUT2D eigenvalue weighted by atomic mass is 10.0. The Kier molecular flexibility index (Phi) is 4.87. The lowest BCUT2D eigenvalue weighted by Crippen LogP contribution is -2.67. The molecule has 8 nitrogen and oxygen atoms in total. The van der Waals surface area contributed by atoms with E-state index in [1.807, 2.05) is 23.8 Å². The number of hydrazone groups is 1. The zero-order valence-electron chi connectivity index (χ0n) is 16.7. The molecule has 4 atom stereocenters. The molecule has 1 aromatic carbocycles. The Morgan fingerprint density at radius 2 is 2.03 bits per heavy atom. The van der Waals surface area contributed by atoms with E-state index in [2.05, 4.69) is 17.0 Å². The smallest absolute Gasteiger partial charge is 0.310 e. The van der Waals surface area contributed by atoms with E-state index in [9.17, 15) is 14.0 Å². The Balaban J connectivity index is 1.68. The van der Waals surface area contributed by atoms with E-state index >= 15 is 0 Å². The van der Waals surface area contributed by atoms with E-state index < -0.39 is 24.1 Å². The molecule has 2 saturated heterocycles. The fourth-order valence-electron chi connectivity index (χ4n) is 4.26. The van der Waals surface area contributed by atoms with Gasteiger partial charge in [-0.05, 0) is 19.9 Å². The molecule has 2 fully saturated rings. The zero-order valence-corrected chi connectivity index (χ0v) is 16.7. The maximum atomic E-state index is 14.2. The second kappa shape index (κ2) is 7.23. The first-order chi connectivity index (χ1) is 13.8. The highest BCUT2D eigenvalue weighted by Gasteiger charge is 2.57. The van der Waals surface area contributed by atoms with E-state index in [0.29, 0.717) is 12.1 Å². The minimum atomic E-state index is -0.595. The number of likely N-dealkylation sites (N-methyl/N-ethyl adjacent to an activating group) is 1. The molecule has 3 aliphatic rings. The van der Waals surface area contributed by atoms with Gasteiger partial charge in [-0.3, -0.25) is 20.0 Å². The van der Waals surface area contributed by atoms with Crippen molar-refractivity contribution in [1.82, 2.24) is 25.0 Å². The molecule has 29 heavy (non-hydrogen) atoms. The maximum Gasteiger partial charge on any atom is 0.328 e. The zero-order chi connectivity index (χ0) is 20.9. The van der Waals surface area contributed by atoms with E-state index in [1.54, 1.807) is 31.3 Å². The topological polar surface area (TPSA) is 71.5 Å². The number of carbonyl (C=O) groups is 2. The standard InChI is InChI=1S/C20H25FN6O2/c1-5-10-26-19-22-17-16(27(19)13(3)12(2)23-26)18(28)25(20(29)24(17)4)11-14-8-6-7-9-15(14)21/h5-9,13,16-17,19,22H,1,10-11H2,2-4H3. The average Bonchev–Trinajstić information content (AvgIpc) is 3.10. The summed E-state index contributed by atoms with van der Waals surface area (Å²) >= 11 is 0. The van der Waals surface area contributed by atoms with Crippen LogP contribution in [0.4, 0.5) is 9.18 Å². The highest BCUT2D eigenvalue weighted by molar-refractivity contribution is 6.01. The van der Waals surface area contributed by atoms with Crippen LogP contribution in [0.1, 0.15) is 19.4 Å². The quantitative estimate of drug-likeness (QED) is 0.773. The van der Waals surface area contributed by atoms with Crippen molar-refractivity contribution >= 4 is 17.6 Å². The van der Waals surface area contributed by atoms with Crippen LogP contribution in [-0.4, -0.2) is 75.5 Å². The predicted molar refractivity (Wildman–Crippen MR) is 106 cm³/mol. The molecule has 3 aliphatic heterocycles. The van der Waals surface area contributed by atoms with Crippen LogP contribution in [0.2, 0.25) is 0 Å². The maximum absolute atomic E-state index is 14.2. The third kappa shape index (κ3) is 3.01. The third-order valence-electron chi connectivity index (χ3n) is 5.91. The Bertz CT molecular complexity index is 889. The van der Waals surface area contributed by atoms with Gasteiger partial charge in [0.25, 0.3) is 5.91 Å². The van der Waals surface area contributed by atoms with Gasteiger partial charge in [0.05, 0.1) is 24.8 Å². The minimum Gasteiger partial charge on any atom is -0.310 e. The molecule has 3 amide bonds. The molecule has 0 bridgehead atoms. The van der Waals surface area contributed by atoms with Gasteiger partial charge in [0, 0.05) is 12.6 Å². The lowest BCUT2D eigenvalue weighted by Gasteiger charge is -2.44. The van der Waals surface area contributed by atoms with Crippen LogP contribution in [0.5, 0.6) is 0 Å². The van der Waals surface area contributed by atoms with Gasteiger partial charge in [-0.1, -0.05) is 24.3 Å². The number of imide groups is 1. The Morgan fingerprint density at radius 3 is 2.72 bits per heavy atom. The van der Waals surface area contributed by atoms with Gasteiger partial charge in [-0.25, -0.2) is 14.1 Å². The molecule has 0 saturated carbocycles. The molecule has 0 aliphatic carbocycles. The van der Waals surface area contributed by atoms with Gasteiger partial charge in [0.1, 0.15) is 18.0 Å². The molecule has 0 aromatic heterocycles. The first kappa shape index (κ1) is 19.5. The number of urea groups is 1. The molecule has 154 valence electrons. The number of benzene rings is 1. The molecule has 4 unspecified atom stereocenters. The van der Waals surface area contributed by atoms with Gasteiger partial charge in [0.15, 0.2) is 6.29 Å². The summed E-state index contributed by atoms with van der Waals surface area (Å²) in [6, 6.07) is 5.05. The molecule has 1 aromatic rings. The SMILES string of the molecule is C=CCN1N=C(C)C(C)N2C3C(=O)N(Cc4ccccc4F)C(=O)N(C)C3NC12. The summed E-state index contributed by atoms with van der Waals surface area (Å²) in [5, 5.41) is 9.81. The monoisotopic (exact) mass is 400 g/mol. The first-order valence-corrected chi connectivity index (χ1v) is 9.63. The van der Waals surface area contributed by atoms with Crippen LogP contribution in [0.15, 0.2) is 42.0 Å². The molecule has 0 spiro atoms. The van der Waals surface area contributed by atoms with Crippen molar-refractivity contribution in [2.45, 2.75) is 44.9 Å². The number of carbonyl (C=O) groups excluding carboxylic acids is 2. The second-order valence-electron chi connectivity index (χ2n) is 7.61. The number of fused-ring (bicyclic) bond motifs is 3. The number of halogens is 1. The molecule has 9 heteroatoms. The van der Waals surface area contributed by atoms with Crippen LogP contribution in [0.25, 0.3) is 0 Å². The number of nitrogens with one attached hydrogen (secondary N) is 1. The van der Waals surface area contributed by atoms with Gasteiger partial charge in [-0.15, -0.1) is 6.58 Å². The summed E-state index contributed by atoms with van der Waals surface area (Å²) in [7, 11) is 1.66. The largest absolute Gasteiger partial charge is 0.328 e. The summed E-state index contributed by atoms with van der Waals surface area (Å²) in [6.45, 7) is 8.09. The fourth-order valence-corrected chi connectivity index (χ4v) is 4.26. The molecular formula is C20H25FN6O2. The number of amides is 3. The first-order valence-electron chi connectivity index (χ1n) is 9.63. The average molecular weight is 400 g/mol. The Morgan fingerprint density at radius 1 is 1.31 bits per heavy atom. The van der Waals surface area contributed by atoms with E-state index in [4.69, 9.17) is 0 Å². The van der Waals surface area contributed by atoms with E-state index in [1.165, 1.54) is 11.0 Å². The number of rotatable bonds is 4. The summed E-state index contributed by atoms with van der Waals surface area (Å²) < 4.78 is 14.2. The van der Waals surface area contributed by atoms with Crippen molar-refractivity contribution in [3.8, 4) is 0 Å². The van der Waals surface area contributed by atoms with Crippen LogP contribution in [-0.2, 0) is 11.3 Å². The molecular weight excluding hydrogens is 375 g/mol. The summed E-state index contributed by atoms with van der Waals surface area (Å²) in [6.07, 6.45) is 0.914. The lowest BCUT2D eigenvalue weighted by molar-refractivity contribution is -0.140. The van der Waals surface area contributed by atoms with Crippen LogP contribution < -0.4 is 5.32 Å². The van der Waals surface area contributed by atoms with Gasteiger partial charge in [0.2, 0.25) is 0 Å². The van der Waals surface area contributed by atoms with Crippen molar-refractivity contribution in [1.29, 1.82) is 0 Å². The second-order valence-corrected chi connectivity index (χ2v) is 7.61. The molecule has 1 N–H and O–H groups in total. The van der Waals surface area contributed by atoms with Crippen molar-refractivity contribution in [3.63, 3.8) is 0 Å². The molecule has 3 heterocycles.